The van der Waals surface area contributed by atoms with Gasteiger partial charge in [-0.2, -0.15) is 0 Å². The molecule has 0 spiro atoms. The van der Waals surface area contributed by atoms with Gasteiger partial charge in [-0.05, 0) is 25.1 Å². The van der Waals surface area contributed by atoms with Gasteiger partial charge in [0.1, 0.15) is 18.1 Å². The lowest BCUT2D eigenvalue weighted by Crippen LogP contribution is -2.33. The fraction of sp³-hybridized carbons (Fsp3) is 0.412. The lowest BCUT2D eigenvalue weighted by molar-refractivity contribution is -0.0437. The van der Waals surface area contributed by atoms with E-state index >= 15 is 0 Å². The van der Waals surface area contributed by atoms with Crippen molar-refractivity contribution in [2.45, 2.75) is 38.4 Å². The van der Waals surface area contributed by atoms with Crippen LogP contribution < -0.4 is 15.8 Å². The van der Waals surface area contributed by atoms with Crippen molar-refractivity contribution >= 4 is 20.2 Å². The molecule has 2 aliphatic heterocycles. The van der Waals surface area contributed by atoms with Crippen molar-refractivity contribution in [1.29, 1.82) is 0 Å². The van der Waals surface area contributed by atoms with Crippen molar-refractivity contribution in [1.82, 2.24) is 9.55 Å². The molecule has 0 bridgehead atoms. The van der Waals surface area contributed by atoms with Crippen LogP contribution in [0.4, 0.5) is 0 Å². The Kier molecular flexibility index (Phi) is 5.55. The van der Waals surface area contributed by atoms with Crippen molar-refractivity contribution in [3.05, 3.63) is 61.4 Å². The fourth-order valence-corrected chi connectivity index (χ4v) is 4.24. The molecule has 4 rings (SSSR count). The number of hydrogen-bond acceptors (Lipinski definition) is 7. The lowest BCUT2D eigenvalue weighted by Gasteiger charge is -2.25. The van der Waals surface area contributed by atoms with Gasteiger partial charge in [-0.1, -0.05) is 11.6 Å². The van der Waals surface area contributed by atoms with E-state index in [1.165, 1.54) is 10.8 Å². The molecule has 11 heteroatoms. The molecule has 2 unspecified atom stereocenters. The zero-order valence-corrected chi connectivity index (χ0v) is 16.5. The Morgan fingerprint density at radius 2 is 2.25 bits per heavy atom. The van der Waals surface area contributed by atoms with E-state index in [-0.39, 0.29) is 13.0 Å². The number of halogens is 1. The maximum Gasteiger partial charge on any atom is 0.397 e. The second-order valence-corrected chi connectivity index (χ2v) is 8.13. The van der Waals surface area contributed by atoms with Crippen LogP contribution >= 0.6 is 20.2 Å². The van der Waals surface area contributed by atoms with Crippen LogP contribution in [0.5, 0.6) is 5.75 Å². The van der Waals surface area contributed by atoms with E-state index in [4.69, 9.17) is 29.9 Å². The first-order valence-corrected chi connectivity index (χ1v) is 10.1. The molecule has 0 amide bonds. The first-order valence-electron chi connectivity index (χ1n) is 8.58. The Morgan fingerprint density at radius 3 is 3.07 bits per heavy atom. The Balaban J connectivity index is 1.37. The van der Waals surface area contributed by atoms with Gasteiger partial charge >= 0.3 is 14.3 Å². The van der Waals surface area contributed by atoms with Crippen molar-refractivity contribution in [3.8, 4) is 5.75 Å². The summed E-state index contributed by atoms with van der Waals surface area (Å²) >= 11 is 5.94. The molecule has 4 atom stereocenters. The zero-order chi connectivity index (χ0) is 19.8. The first-order chi connectivity index (χ1) is 13.4. The second-order valence-electron chi connectivity index (χ2n) is 6.55. The van der Waals surface area contributed by atoms with Gasteiger partial charge < -0.3 is 14.4 Å². The monoisotopic (exact) mass is 428 g/mol. The molecule has 28 heavy (non-hydrogen) atoms. The largest absolute Gasteiger partial charge is 0.426 e. The number of hydrogen-bond donors (Lipinski definition) is 2. The number of aliphatic hydroxyl groups is 1. The highest BCUT2D eigenvalue weighted by Crippen LogP contribution is 2.48. The van der Waals surface area contributed by atoms with Gasteiger partial charge in [-0.15, -0.1) is 0 Å². The number of ether oxygens (including phenoxy) is 1. The number of benzene rings is 1. The summed E-state index contributed by atoms with van der Waals surface area (Å²) < 4.78 is 23.9. The van der Waals surface area contributed by atoms with Gasteiger partial charge in [0, 0.05) is 28.8 Å². The van der Waals surface area contributed by atoms with Crippen LogP contribution in [0.1, 0.15) is 23.8 Å². The van der Waals surface area contributed by atoms with Gasteiger partial charge in [0.2, 0.25) is 0 Å². The number of H-pyrrole nitrogens is 1. The molecule has 150 valence electrons. The molecule has 3 heterocycles. The molecule has 0 radical (unpaired) electrons. The standard InChI is InChI=1S/C17H18ClN2O7P/c1-9-6-20(17(23)19-16(9)22)15-5-12(21)14(26-15)8-25-28-24-7-10-4-11(18)2-3-13(10)27-28/h2-4,6,12,14-15,21H,5,7-8H2,1H3,(H,19,22,23)/t12?,14-,15-,28?/m1/s1. The summed E-state index contributed by atoms with van der Waals surface area (Å²) in [6.07, 6.45) is -0.585. The Bertz CT molecular complexity index is 994. The minimum atomic E-state index is -1.64. The smallest absolute Gasteiger partial charge is 0.397 e. The molecule has 1 aromatic heterocycles. The highest BCUT2D eigenvalue weighted by molar-refractivity contribution is 7.42. The van der Waals surface area contributed by atoms with Crippen LogP contribution in [0.25, 0.3) is 0 Å². The number of aromatic amines is 1. The molecule has 1 aromatic carbocycles. The molecular formula is C17H18ClN2O7P. The molecule has 0 aliphatic carbocycles. The highest BCUT2D eigenvalue weighted by atomic mass is 35.5. The molecule has 2 aromatic rings. The summed E-state index contributed by atoms with van der Waals surface area (Å²) in [5, 5.41) is 10.9. The van der Waals surface area contributed by atoms with Crippen molar-refractivity contribution < 1.29 is 23.4 Å². The summed E-state index contributed by atoms with van der Waals surface area (Å²) in [6.45, 7) is 1.93. The number of aliphatic hydroxyl groups excluding tert-OH is 1. The van der Waals surface area contributed by atoms with Crippen molar-refractivity contribution in [3.63, 3.8) is 0 Å². The third kappa shape index (κ3) is 4.00. The molecule has 1 fully saturated rings. The molecule has 0 saturated carbocycles. The Labute approximate surface area is 165 Å². The Morgan fingerprint density at radius 1 is 1.43 bits per heavy atom. The predicted molar refractivity (Wildman–Crippen MR) is 100 cm³/mol. The van der Waals surface area contributed by atoms with Gasteiger partial charge in [0.25, 0.3) is 5.56 Å². The van der Waals surface area contributed by atoms with Crippen molar-refractivity contribution in [2.75, 3.05) is 6.61 Å². The number of nitrogens with zero attached hydrogens (tertiary/aromatic N) is 1. The molecule has 2 aliphatic rings. The van der Waals surface area contributed by atoms with Crippen LogP contribution in [0.3, 0.4) is 0 Å². The van der Waals surface area contributed by atoms with E-state index in [9.17, 15) is 14.7 Å². The number of nitrogens with one attached hydrogen (secondary N) is 1. The average Bonchev–Trinajstić information content (AvgIpc) is 3.03. The number of aryl methyl sites for hydroxylation is 1. The van der Waals surface area contributed by atoms with E-state index in [0.29, 0.717) is 22.9 Å². The van der Waals surface area contributed by atoms with Crippen LogP contribution in [-0.2, 0) is 20.4 Å². The molecule has 9 nitrogen and oxygen atoms in total. The summed E-state index contributed by atoms with van der Waals surface area (Å²) in [5.41, 5.74) is 0.173. The van der Waals surface area contributed by atoms with Crippen LogP contribution in [0.15, 0.2) is 34.0 Å². The third-order valence-electron chi connectivity index (χ3n) is 4.53. The number of aromatic nitrogens is 2. The number of fused-ring (bicyclic) bond motifs is 1. The average molecular weight is 429 g/mol. The quantitative estimate of drug-likeness (QED) is 0.716. The maximum atomic E-state index is 12.0. The normalized spacial score (nSPS) is 26.7. The first kappa shape index (κ1) is 19.6. The minimum absolute atomic E-state index is 0.0311. The van der Waals surface area contributed by atoms with E-state index in [0.717, 1.165) is 5.56 Å². The van der Waals surface area contributed by atoms with Crippen LogP contribution in [0.2, 0.25) is 5.02 Å². The zero-order valence-electron chi connectivity index (χ0n) is 14.8. The lowest BCUT2D eigenvalue weighted by atomic mass is 10.2. The summed E-state index contributed by atoms with van der Waals surface area (Å²) in [4.78, 5) is 25.7. The maximum absolute atomic E-state index is 12.0. The van der Waals surface area contributed by atoms with E-state index < -0.39 is 38.3 Å². The molecule has 2 N–H and O–H groups in total. The molecule has 1 saturated heterocycles. The Hall–Kier alpha value is -1.74. The van der Waals surface area contributed by atoms with Crippen molar-refractivity contribution in [2.24, 2.45) is 0 Å². The summed E-state index contributed by atoms with van der Waals surface area (Å²) in [7, 11) is -1.64. The second kappa shape index (κ2) is 7.94. The third-order valence-corrected chi connectivity index (χ3v) is 5.81. The predicted octanol–water partition coefficient (Wildman–Crippen LogP) is 2.00. The minimum Gasteiger partial charge on any atom is -0.426 e. The topological polar surface area (TPSA) is 112 Å². The van der Waals surface area contributed by atoms with Crippen LogP contribution in [-0.4, -0.2) is 33.5 Å². The van der Waals surface area contributed by atoms with E-state index in [1.807, 2.05) is 0 Å². The van der Waals surface area contributed by atoms with Crippen LogP contribution in [0, 0.1) is 6.92 Å². The van der Waals surface area contributed by atoms with Gasteiger partial charge in [-0.3, -0.25) is 23.4 Å². The summed E-state index contributed by atoms with van der Waals surface area (Å²) in [6, 6.07) is 5.24. The fourth-order valence-electron chi connectivity index (χ4n) is 3.01. The van der Waals surface area contributed by atoms with E-state index in [1.54, 1.807) is 25.1 Å². The number of rotatable bonds is 4. The van der Waals surface area contributed by atoms with Gasteiger partial charge in [-0.25, -0.2) is 4.79 Å². The highest BCUT2D eigenvalue weighted by Gasteiger charge is 2.37. The van der Waals surface area contributed by atoms with Gasteiger partial charge in [0.05, 0.1) is 19.3 Å². The summed E-state index contributed by atoms with van der Waals surface area (Å²) in [5.74, 6) is 0.641. The van der Waals surface area contributed by atoms with Gasteiger partial charge in [0.15, 0.2) is 0 Å². The SMILES string of the molecule is Cc1cn([C@H]2CC(O)[C@@H](COP3OCc4cc(Cl)ccc4O3)O2)c(=O)[nH]c1=O. The molecular weight excluding hydrogens is 411 g/mol. The van der Waals surface area contributed by atoms with E-state index in [2.05, 4.69) is 4.98 Å².